The van der Waals surface area contributed by atoms with E-state index in [2.05, 4.69) is 5.32 Å². The molecule has 7 heteroatoms. The van der Waals surface area contributed by atoms with Crippen molar-refractivity contribution in [2.45, 2.75) is 115 Å². The lowest BCUT2D eigenvalue weighted by molar-refractivity contribution is -0.145. The lowest BCUT2D eigenvalue weighted by Crippen LogP contribution is -2.47. The molecule has 1 atom stereocenters. The highest BCUT2D eigenvalue weighted by molar-refractivity contribution is 5.80. The summed E-state index contributed by atoms with van der Waals surface area (Å²) >= 11 is 0. The fourth-order valence-corrected chi connectivity index (χ4v) is 4.54. The van der Waals surface area contributed by atoms with E-state index in [0.29, 0.717) is 0 Å². The Hall–Kier alpha value is -2.12. The molecule has 35 heavy (non-hydrogen) atoms. The number of hydrogen-bond acceptors (Lipinski definition) is 5. The Morgan fingerprint density at radius 3 is 1.94 bits per heavy atom. The van der Waals surface area contributed by atoms with Crippen LogP contribution in [-0.4, -0.2) is 59.5 Å². The number of likely N-dealkylation sites (N-methyl/N-ethyl adjacent to an activating group) is 1. The number of carbonyl (C=O) groups excluding carboxylic acids is 1. The molecule has 0 radical (unpaired) electrons. The first kappa shape index (κ1) is 29.1. The van der Waals surface area contributed by atoms with Gasteiger partial charge >= 0.3 is 12.1 Å². The van der Waals surface area contributed by atoms with Crippen LogP contribution >= 0.6 is 0 Å². The second-order valence-corrected chi connectivity index (χ2v) is 10.8. The van der Waals surface area contributed by atoms with E-state index in [1.54, 1.807) is 20.8 Å². The molecule has 0 heterocycles. The predicted octanol–water partition coefficient (Wildman–Crippen LogP) is 5.76. The van der Waals surface area contributed by atoms with Crippen LogP contribution in [0.4, 0.5) is 4.79 Å². The number of benzene rings is 1. The number of nitrogens with one attached hydrogen (secondary N) is 1. The summed E-state index contributed by atoms with van der Waals surface area (Å²) in [7, 11) is 1.39. The molecule has 1 aromatic rings. The summed E-state index contributed by atoms with van der Waals surface area (Å²) in [4.78, 5) is 24.3. The molecule has 0 bridgehead atoms. The maximum atomic E-state index is 11.9. The lowest BCUT2D eigenvalue weighted by atomic mass is 9.91. The fourth-order valence-electron chi connectivity index (χ4n) is 4.54. The lowest BCUT2D eigenvalue weighted by Gasteiger charge is -2.30. The second kappa shape index (κ2) is 15.1. The normalized spacial score (nSPS) is 18.2. The molecule has 1 amide bonds. The maximum Gasteiger partial charge on any atom is 0.410 e. The van der Waals surface area contributed by atoms with Crippen molar-refractivity contribution in [3.8, 4) is 0 Å². The van der Waals surface area contributed by atoms with Crippen molar-refractivity contribution in [3.05, 3.63) is 35.9 Å². The molecule has 2 N–H and O–H groups in total. The predicted molar refractivity (Wildman–Crippen MR) is 138 cm³/mol. The Morgan fingerprint density at radius 2 is 1.49 bits per heavy atom. The Balaban J connectivity index is 0.000000279. The van der Waals surface area contributed by atoms with Crippen molar-refractivity contribution in [1.29, 1.82) is 0 Å². The zero-order chi connectivity index (χ0) is 25.7. The van der Waals surface area contributed by atoms with E-state index in [4.69, 9.17) is 9.47 Å². The van der Waals surface area contributed by atoms with Crippen LogP contribution in [0.5, 0.6) is 0 Å². The van der Waals surface area contributed by atoms with Crippen LogP contribution in [0.25, 0.3) is 0 Å². The quantitative estimate of drug-likeness (QED) is 0.481. The van der Waals surface area contributed by atoms with Crippen molar-refractivity contribution in [3.63, 3.8) is 0 Å². The summed E-state index contributed by atoms with van der Waals surface area (Å²) in [5.74, 6) is -1.14. The van der Waals surface area contributed by atoms with Crippen LogP contribution in [0.1, 0.15) is 90.5 Å². The van der Waals surface area contributed by atoms with Crippen molar-refractivity contribution in [2.75, 3.05) is 13.7 Å². The first-order chi connectivity index (χ1) is 16.7. The smallest absolute Gasteiger partial charge is 0.410 e. The summed E-state index contributed by atoms with van der Waals surface area (Å²) in [6, 6.07) is 10.0. The highest BCUT2D eigenvalue weighted by Gasteiger charge is 2.30. The standard InChI is InChI=1S/C16H23NO5.C12H23N/c1-16(2,3)22-15(20)17(4)13(14(18)19)11-21-10-12-8-6-5-7-9-12;1-3-7-11(8-4-1)13-12-9-5-2-6-10-12/h5-9,13H,10-11H2,1-4H3,(H,18,19);11-13H,1-10H2/t13-;/m1./s1. The van der Waals surface area contributed by atoms with Crippen LogP contribution in [0, 0.1) is 0 Å². The van der Waals surface area contributed by atoms with Gasteiger partial charge in [0.15, 0.2) is 6.04 Å². The van der Waals surface area contributed by atoms with E-state index < -0.39 is 23.7 Å². The van der Waals surface area contributed by atoms with Gasteiger partial charge in [-0.15, -0.1) is 0 Å². The number of carbonyl (C=O) groups is 2. The molecule has 7 nitrogen and oxygen atoms in total. The van der Waals surface area contributed by atoms with E-state index in [-0.39, 0.29) is 13.2 Å². The van der Waals surface area contributed by atoms with Crippen molar-refractivity contribution < 1.29 is 24.2 Å². The minimum absolute atomic E-state index is 0.111. The number of hydrogen-bond donors (Lipinski definition) is 2. The van der Waals surface area contributed by atoms with E-state index >= 15 is 0 Å². The molecule has 0 unspecified atom stereocenters. The van der Waals surface area contributed by atoms with E-state index in [0.717, 1.165) is 22.5 Å². The summed E-state index contributed by atoms with van der Waals surface area (Å²) < 4.78 is 10.6. The summed E-state index contributed by atoms with van der Waals surface area (Å²) in [6.45, 7) is 5.34. The Bertz CT molecular complexity index is 721. The fraction of sp³-hybridized carbons (Fsp3) is 0.714. The Labute approximate surface area is 211 Å². The molecule has 2 saturated carbocycles. The first-order valence-corrected chi connectivity index (χ1v) is 13.2. The average Bonchev–Trinajstić information content (AvgIpc) is 2.82. The molecular weight excluding hydrogens is 444 g/mol. The summed E-state index contributed by atoms with van der Waals surface area (Å²) in [6.07, 6.45) is 13.9. The summed E-state index contributed by atoms with van der Waals surface area (Å²) in [5, 5.41) is 13.1. The number of ether oxygens (including phenoxy) is 2. The van der Waals surface area contributed by atoms with Crippen molar-refractivity contribution in [2.24, 2.45) is 0 Å². The molecule has 198 valence electrons. The molecular formula is C28H46N2O5. The molecule has 2 aliphatic rings. The van der Waals surface area contributed by atoms with Gasteiger partial charge < -0.3 is 19.9 Å². The Morgan fingerprint density at radius 1 is 0.971 bits per heavy atom. The summed E-state index contributed by atoms with van der Waals surface area (Å²) in [5.41, 5.74) is 0.255. The highest BCUT2D eigenvalue weighted by atomic mass is 16.6. The highest BCUT2D eigenvalue weighted by Crippen LogP contribution is 2.22. The first-order valence-electron chi connectivity index (χ1n) is 13.2. The molecule has 0 spiro atoms. The van der Waals surface area contributed by atoms with Gasteiger partial charge in [0.2, 0.25) is 0 Å². The van der Waals surface area contributed by atoms with Crippen molar-refractivity contribution in [1.82, 2.24) is 10.2 Å². The minimum Gasteiger partial charge on any atom is -0.480 e. The number of carboxylic acid groups (broad SMARTS) is 1. The minimum atomic E-state index is -1.14. The zero-order valence-electron chi connectivity index (χ0n) is 22.1. The third kappa shape index (κ3) is 11.9. The number of nitrogens with zero attached hydrogens (tertiary/aromatic N) is 1. The Kier molecular flexibility index (Phi) is 12.6. The monoisotopic (exact) mass is 490 g/mol. The topological polar surface area (TPSA) is 88.1 Å². The van der Waals surface area contributed by atoms with Gasteiger partial charge in [-0.3, -0.25) is 4.90 Å². The largest absolute Gasteiger partial charge is 0.480 e. The van der Waals surface area contributed by atoms with Crippen LogP contribution in [0.3, 0.4) is 0 Å². The van der Waals surface area contributed by atoms with Gasteiger partial charge in [0.1, 0.15) is 5.60 Å². The van der Waals surface area contributed by atoms with Crippen LogP contribution in [0.2, 0.25) is 0 Å². The molecule has 2 aliphatic carbocycles. The van der Waals surface area contributed by atoms with Gasteiger partial charge in [0.25, 0.3) is 0 Å². The number of carboxylic acids is 1. The third-order valence-electron chi connectivity index (χ3n) is 6.50. The van der Waals surface area contributed by atoms with Crippen molar-refractivity contribution >= 4 is 12.1 Å². The van der Waals surface area contributed by atoms with Crippen LogP contribution < -0.4 is 5.32 Å². The molecule has 3 rings (SSSR count). The number of amides is 1. The molecule has 0 aromatic heterocycles. The molecule has 0 aliphatic heterocycles. The van der Waals surface area contributed by atoms with Gasteiger partial charge in [0.05, 0.1) is 13.2 Å². The molecule has 2 fully saturated rings. The number of rotatable bonds is 8. The van der Waals surface area contributed by atoms with E-state index in [9.17, 15) is 14.7 Å². The number of aliphatic carboxylic acids is 1. The van der Waals surface area contributed by atoms with Crippen LogP contribution in [-0.2, 0) is 20.9 Å². The SMILES string of the molecule is C1CCC(NC2CCCCC2)CC1.CN(C(=O)OC(C)(C)C)[C@H](COCc1ccccc1)C(=O)O. The second-order valence-electron chi connectivity index (χ2n) is 10.8. The van der Waals surface area contributed by atoms with Gasteiger partial charge in [-0.25, -0.2) is 9.59 Å². The maximum absolute atomic E-state index is 11.9. The van der Waals surface area contributed by atoms with Gasteiger partial charge in [-0.05, 0) is 52.0 Å². The molecule has 0 saturated heterocycles. The van der Waals surface area contributed by atoms with Crippen LogP contribution in [0.15, 0.2) is 30.3 Å². The zero-order valence-corrected chi connectivity index (χ0v) is 22.1. The van der Waals surface area contributed by atoms with E-state index in [1.807, 2.05) is 30.3 Å². The van der Waals surface area contributed by atoms with Gasteiger partial charge in [0, 0.05) is 19.1 Å². The van der Waals surface area contributed by atoms with Gasteiger partial charge in [-0.2, -0.15) is 0 Å². The average molecular weight is 491 g/mol. The van der Waals surface area contributed by atoms with E-state index in [1.165, 1.54) is 71.3 Å². The van der Waals surface area contributed by atoms with Gasteiger partial charge in [-0.1, -0.05) is 68.9 Å². The third-order valence-corrected chi connectivity index (χ3v) is 6.50. The molecule has 1 aromatic carbocycles.